The number of carbonyl (C=O) groups excluding carboxylic acids is 1. The average molecular weight is 642 g/mol. The van der Waals surface area contributed by atoms with Crippen molar-refractivity contribution in [3.8, 4) is 0 Å². The van der Waals surface area contributed by atoms with E-state index in [1.807, 2.05) is 12.1 Å². The molecule has 3 unspecified atom stereocenters. The first-order chi connectivity index (χ1) is 20.1. The van der Waals surface area contributed by atoms with E-state index in [0.29, 0.717) is 36.0 Å². The number of aryl methyl sites for hydroxylation is 1. The van der Waals surface area contributed by atoms with Gasteiger partial charge >= 0.3 is 0 Å². The number of Topliss-reactive ketones (excluding diaryl/α,β-unsaturated/α-hetero) is 1. The van der Waals surface area contributed by atoms with Crippen molar-refractivity contribution < 1.29 is 18.3 Å². The molecule has 2 aromatic carbocycles. The summed E-state index contributed by atoms with van der Waals surface area (Å²) in [5.74, 6) is 0.472. The lowest BCUT2D eigenvalue weighted by Crippen LogP contribution is -2.36. The maximum atomic E-state index is 14.5. The van der Waals surface area contributed by atoms with Crippen molar-refractivity contribution in [3.05, 3.63) is 63.1 Å². The zero-order valence-corrected chi connectivity index (χ0v) is 27.5. The lowest BCUT2D eigenvalue weighted by molar-refractivity contribution is -0.123. The van der Waals surface area contributed by atoms with Crippen LogP contribution in [-0.2, 0) is 21.6 Å². The molecule has 0 aromatic heterocycles. The minimum absolute atomic E-state index is 0.000529. The molecular formula is C33H45Cl2F2N2O2P. The maximum Gasteiger partial charge on any atom is 0.283 e. The summed E-state index contributed by atoms with van der Waals surface area (Å²) in [7, 11) is 1.68. The highest BCUT2D eigenvalue weighted by Gasteiger charge is 2.31. The van der Waals surface area contributed by atoms with Crippen LogP contribution in [-0.4, -0.2) is 38.1 Å². The first kappa shape index (κ1) is 33.6. The molecule has 2 heterocycles. The molecular weight excluding hydrogens is 596 g/mol. The number of nitrogens with one attached hydrogen (secondary N) is 1. The second kappa shape index (κ2) is 15.6. The van der Waals surface area contributed by atoms with E-state index in [1.165, 1.54) is 0 Å². The number of alkyl halides is 2. The Labute approximate surface area is 262 Å². The Bertz CT molecular complexity index is 1190. The van der Waals surface area contributed by atoms with Gasteiger partial charge in [0, 0.05) is 65.9 Å². The zero-order valence-electron chi connectivity index (χ0n) is 24.8. The van der Waals surface area contributed by atoms with E-state index in [1.54, 1.807) is 33.5 Å². The molecule has 2 fully saturated rings. The van der Waals surface area contributed by atoms with Crippen LogP contribution in [0.4, 0.5) is 14.5 Å². The van der Waals surface area contributed by atoms with Crippen LogP contribution >= 0.6 is 32.4 Å². The van der Waals surface area contributed by atoms with Crippen molar-refractivity contribution >= 4 is 43.9 Å². The van der Waals surface area contributed by atoms with Gasteiger partial charge in [0.15, 0.2) is 0 Å². The highest BCUT2D eigenvalue weighted by molar-refractivity contribution is 7.17. The van der Waals surface area contributed by atoms with Gasteiger partial charge in [-0.15, -0.1) is 0 Å². The van der Waals surface area contributed by atoms with Crippen LogP contribution in [0.15, 0.2) is 36.4 Å². The van der Waals surface area contributed by atoms with Crippen LogP contribution in [0.25, 0.3) is 0 Å². The monoisotopic (exact) mass is 640 g/mol. The molecule has 0 spiro atoms. The number of ether oxygens (including phenoxy) is 1. The van der Waals surface area contributed by atoms with E-state index < -0.39 is 5.66 Å². The van der Waals surface area contributed by atoms with Crippen molar-refractivity contribution in [1.29, 1.82) is 0 Å². The van der Waals surface area contributed by atoms with Crippen molar-refractivity contribution in [2.45, 2.75) is 89.4 Å². The normalized spacial score (nSPS) is 21.5. The number of nitrogens with zero attached hydrogens (tertiary/aromatic N) is 1. The van der Waals surface area contributed by atoms with Gasteiger partial charge in [0.25, 0.3) is 5.66 Å². The van der Waals surface area contributed by atoms with Gasteiger partial charge in [0.05, 0.1) is 6.10 Å². The number of hydrogen-bond acceptors (Lipinski definition) is 4. The quantitative estimate of drug-likeness (QED) is 0.235. The van der Waals surface area contributed by atoms with E-state index in [0.717, 1.165) is 74.9 Å². The molecule has 0 bridgehead atoms. The van der Waals surface area contributed by atoms with Gasteiger partial charge in [-0.05, 0) is 79.8 Å². The predicted octanol–water partition coefficient (Wildman–Crippen LogP) is 8.97. The topological polar surface area (TPSA) is 41.6 Å². The molecule has 1 N–H and O–H groups in total. The molecule has 42 heavy (non-hydrogen) atoms. The van der Waals surface area contributed by atoms with Crippen LogP contribution < -0.4 is 10.2 Å². The molecule has 0 aliphatic carbocycles. The number of carbonyl (C=O) groups is 1. The summed E-state index contributed by atoms with van der Waals surface area (Å²) in [6.45, 7) is 7.34. The second-order valence-corrected chi connectivity index (χ2v) is 13.5. The zero-order chi connectivity index (χ0) is 30.3. The molecule has 232 valence electrons. The van der Waals surface area contributed by atoms with Gasteiger partial charge in [0.1, 0.15) is 5.78 Å². The third-order valence-corrected chi connectivity index (χ3v) is 9.90. The second-order valence-electron chi connectivity index (χ2n) is 12.0. The standard InChI is InChI=1S/C33H45Cl2F2N2O2P/c1-3-22(2)32(38-21-27-8-6-18-41-27)28-19-25(33(36,37)42)11-13-30(28)39-16-5-4-7-24(15-17-39)31(40)14-10-23-9-12-26(34)20-29(23)35/h9,11-13,19-20,22,24,27,32,38H,3-8,10,14-18,21,42H2,1-2H3/t22?,24-,27?,32+/m1/s1. The fourth-order valence-corrected chi connectivity index (χ4v) is 6.91. The van der Waals surface area contributed by atoms with Crippen LogP contribution in [0.1, 0.15) is 87.9 Å². The van der Waals surface area contributed by atoms with Gasteiger partial charge < -0.3 is 15.0 Å². The van der Waals surface area contributed by atoms with Crippen molar-refractivity contribution in [2.24, 2.45) is 11.8 Å². The van der Waals surface area contributed by atoms with Gasteiger partial charge in [-0.2, -0.15) is 8.78 Å². The minimum Gasteiger partial charge on any atom is -0.377 e. The van der Waals surface area contributed by atoms with Crippen LogP contribution in [0.5, 0.6) is 0 Å². The predicted molar refractivity (Wildman–Crippen MR) is 173 cm³/mol. The van der Waals surface area contributed by atoms with Crippen LogP contribution in [0.3, 0.4) is 0 Å². The Hall–Kier alpha value is -1.30. The third-order valence-electron chi connectivity index (χ3n) is 8.98. The van der Waals surface area contributed by atoms with Gasteiger partial charge in [-0.1, -0.05) is 71.3 Å². The summed E-state index contributed by atoms with van der Waals surface area (Å²) in [4.78, 5) is 15.7. The molecule has 0 radical (unpaired) electrons. The molecule has 2 aliphatic rings. The molecule has 9 heteroatoms. The van der Waals surface area contributed by atoms with Crippen LogP contribution in [0.2, 0.25) is 10.0 Å². The molecule has 0 amide bonds. The Morgan fingerprint density at radius 3 is 2.62 bits per heavy atom. The first-order valence-electron chi connectivity index (χ1n) is 15.4. The van der Waals surface area contributed by atoms with Crippen molar-refractivity contribution in [3.63, 3.8) is 0 Å². The highest BCUT2D eigenvalue weighted by Crippen LogP contribution is 2.41. The summed E-state index contributed by atoms with van der Waals surface area (Å²) in [5.41, 5.74) is -0.187. The number of ketones is 1. The molecule has 2 aromatic rings. The molecule has 2 aliphatic heterocycles. The number of benzene rings is 2. The maximum absolute atomic E-state index is 14.5. The van der Waals surface area contributed by atoms with Crippen LogP contribution in [0, 0.1) is 11.8 Å². The Kier molecular flexibility index (Phi) is 12.5. The molecule has 4 nitrogen and oxygen atoms in total. The minimum atomic E-state index is -3.01. The molecule has 2 saturated heterocycles. The first-order valence-corrected chi connectivity index (χ1v) is 16.8. The summed E-state index contributed by atoms with van der Waals surface area (Å²) >= 11 is 12.4. The van der Waals surface area contributed by atoms with Crippen molar-refractivity contribution in [1.82, 2.24) is 5.32 Å². The summed E-state index contributed by atoms with van der Waals surface area (Å²) < 4.78 is 34.9. The number of anilines is 1. The third kappa shape index (κ3) is 9.11. The smallest absolute Gasteiger partial charge is 0.283 e. The average Bonchev–Trinajstić information content (AvgIpc) is 3.46. The fourth-order valence-electron chi connectivity index (χ4n) is 6.23. The molecule has 5 atom stereocenters. The number of halogens is 4. The fraction of sp³-hybridized carbons (Fsp3) is 0.606. The van der Waals surface area contributed by atoms with Gasteiger partial charge in [0.2, 0.25) is 0 Å². The van der Waals surface area contributed by atoms with E-state index in [9.17, 15) is 13.6 Å². The van der Waals surface area contributed by atoms with Gasteiger partial charge in [-0.3, -0.25) is 4.79 Å². The Morgan fingerprint density at radius 1 is 1.12 bits per heavy atom. The largest absolute Gasteiger partial charge is 0.377 e. The summed E-state index contributed by atoms with van der Waals surface area (Å²) in [5, 5.41) is 4.88. The summed E-state index contributed by atoms with van der Waals surface area (Å²) in [6.07, 6.45) is 7.71. The van der Waals surface area contributed by atoms with E-state index >= 15 is 0 Å². The van der Waals surface area contributed by atoms with E-state index in [-0.39, 0.29) is 35.3 Å². The molecule has 0 saturated carbocycles. The van der Waals surface area contributed by atoms with E-state index in [4.69, 9.17) is 27.9 Å². The number of hydrogen-bond donors (Lipinski definition) is 1. The van der Waals surface area contributed by atoms with Gasteiger partial charge in [-0.25, -0.2) is 0 Å². The highest BCUT2D eigenvalue weighted by atomic mass is 35.5. The Morgan fingerprint density at radius 2 is 1.93 bits per heavy atom. The van der Waals surface area contributed by atoms with E-state index in [2.05, 4.69) is 24.1 Å². The summed E-state index contributed by atoms with van der Waals surface area (Å²) in [6, 6.07) is 10.4. The van der Waals surface area contributed by atoms with Crippen molar-refractivity contribution in [2.75, 3.05) is 31.1 Å². The number of rotatable bonds is 12. The lowest BCUT2D eigenvalue weighted by atomic mass is 9.87. The molecule has 4 rings (SSSR count). The Balaban J connectivity index is 1.53. The SMILES string of the molecule is CCC(C)[C@H](NCC1CCCO1)c1cc(C(F)(F)P)ccc1N1CCCC[C@@H](C(=O)CCc2ccc(Cl)cc2Cl)CC1. The lowest BCUT2D eigenvalue weighted by Gasteiger charge is -2.35.